The van der Waals surface area contributed by atoms with Gasteiger partial charge in [-0.05, 0) is 6.92 Å². The van der Waals surface area contributed by atoms with Gasteiger partial charge in [-0.2, -0.15) is 0 Å². The molecule has 1 saturated heterocycles. The minimum absolute atomic E-state index is 0.184. The van der Waals surface area contributed by atoms with Crippen molar-refractivity contribution in [3.8, 4) is 0 Å². The molecule has 1 heterocycles. The number of hydrogen-bond donors (Lipinski definition) is 0. The molecule has 1 unspecified atom stereocenters. The minimum atomic E-state index is -0.964. The third kappa shape index (κ3) is 3.32. The molecule has 1 aliphatic rings. The first-order valence-electron chi connectivity index (χ1n) is 5.43. The van der Waals surface area contributed by atoms with Crippen LogP contribution >= 0.6 is 0 Å². The van der Waals surface area contributed by atoms with Crippen molar-refractivity contribution in [2.75, 3.05) is 13.2 Å². The first-order chi connectivity index (χ1) is 8.24. The lowest BCUT2D eigenvalue weighted by Crippen LogP contribution is -2.36. The van der Waals surface area contributed by atoms with Crippen molar-refractivity contribution in [3.05, 3.63) is 12.2 Å². The average Bonchev–Trinajstić information content (AvgIpc) is 2.52. The number of cyclic esters (lactones) is 1. The summed E-state index contributed by atoms with van der Waals surface area (Å²) in [6.07, 6.45) is -0.964. The molecule has 0 spiro atoms. The van der Waals surface area contributed by atoms with Gasteiger partial charge in [-0.25, -0.2) is 14.4 Å². The third-order valence-corrected chi connectivity index (χ3v) is 2.43. The second kappa shape index (κ2) is 5.20. The average molecular weight is 256 g/mol. The fourth-order valence-electron chi connectivity index (χ4n) is 1.35. The summed E-state index contributed by atoms with van der Waals surface area (Å²) in [7, 11) is 0. The molecule has 1 aliphatic heterocycles. The molecule has 6 nitrogen and oxygen atoms in total. The maximum absolute atomic E-state index is 11.4. The Labute approximate surface area is 105 Å². The molecule has 100 valence electrons. The number of carbonyl (C=O) groups is 3. The Kier molecular flexibility index (Phi) is 4.11. The number of esters is 3. The van der Waals surface area contributed by atoms with Gasteiger partial charge in [-0.15, -0.1) is 0 Å². The molecule has 1 fully saturated rings. The third-order valence-electron chi connectivity index (χ3n) is 2.43. The van der Waals surface area contributed by atoms with E-state index in [2.05, 4.69) is 11.3 Å². The number of hydrogen-bond acceptors (Lipinski definition) is 6. The van der Waals surface area contributed by atoms with Gasteiger partial charge in [0.25, 0.3) is 0 Å². The monoisotopic (exact) mass is 256 g/mol. The Hall–Kier alpha value is -1.85. The lowest BCUT2D eigenvalue weighted by molar-refractivity contribution is -0.168. The highest BCUT2D eigenvalue weighted by Crippen LogP contribution is 2.30. The van der Waals surface area contributed by atoms with E-state index in [0.29, 0.717) is 0 Å². The highest BCUT2D eigenvalue weighted by molar-refractivity contribution is 5.89. The van der Waals surface area contributed by atoms with Crippen LogP contribution in [0.15, 0.2) is 12.2 Å². The number of ether oxygens (including phenoxy) is 3. The topological polar surface area (TPSA) is 78.9 Å². The van der Waals surface area contributed by atoms with Gasteiger partial charge in [0.2, 0.25) is 6.10 Å². The van der Waals surface area contributed by atoms with Crippen LogP contribution in [0.2, 0.25) is 0 Å². The Morgan fingerprint density at radius 2 is 2.11 bits per heavy atom. The molecular formula is C12H16O6. The molecule has 0 radical (unpaired) electrons. The quantitative estimate of drug-likeness (QED) is 0.416. The van der Waals surface area contributed by atoms with Gasteiger partial charge in [0.05, 0.1) is 0 Å². The van der Waals surface area contributed by atoms with E-state index in [-0.39, 0.29) is 12.2 Å². The smallest absolute Gasteiger partial charge is 0.348 e. The number of rotatable bonds is 4. The van der Waals surface area contributed by atoms with Crippen molar-refractivity contribution >= 4 is 17.9 Å². The summed E-state index contributed by atoms with van der Waals surface area (Å²) >= 11 is 0. The van der Waals surface area contributed by atoms with E-state index in [1.54, 1.807) is 13.8 Å². The second-order valence-corrected chi connectivity index (χ2v) is 4.82. The minimum Gasteiger partial charge on any atom is -0.462 e. The van der Waals surface area contributed by atoms with Crippen molar-refractivity contribution in [1.29, 1.82) is 0 Å². The molecular weight excluding hydrogens is 240 g/mol. The van der Waals surface area contributed by atoms with Crippen LogP contribution in [0, 0.1) is 5.41 Å². The molecule has 1 atom stereocenters. The van der Waals surface area contributed by atoms with E-state index in [1.165, 1.54) is 6.92 Å². The lowest BCUT2D eigenvalue weighted by Gasteiger charge is -2.21. The van der Waals surface area contributed by atoms with Gasteiger partial charge >= 0.3 is 17.9 Å². The second-order valence-electron chi connectivity index (χ2n) is 4.82. The van der Waals surface area contributed by atoms with Crippen LogP contribution < -0.4 is 0 Å². The summed E-state index contributed by atoms with van der Waals surface area (Å²) in [6.45, 7) is 7.97. The molecule has 0 aromatic carbocycles. The van der Waals surface area contributed by atoms with Crippen LogP contribution in [0.3, 0.4) is 0 Å². The predicted octanol–water partition coefficient (Wildman–Crippen LogP) is 0.600. The summed E-state index contributed by atoms with van der Waals surface area (Å²) in [5.74, 6) is -2.05. The van der Waals surface area contributed by atoms with Crippen LogP contribution in [0.25, 0.3) is 0 Å². The van der Waals surface area contributed by atoms with Crippen LogP contribution in [-0.2, 0) is 28.6 Å². The van der Waals surface area contributed by atoms with Crippen LogP contribution in [0.5, 0.6) is 0 Å². The van der Waals surface area contributed by atoms with Crippen LogP contribution in [-0.4, -0.2) is 37.2 Å². The Bertz CT molecular complexity index is 395. The van der Waals surface area contributed by atoms with Gasteiger partial charge < -0.3 is 14.2 Å². The van der Waals surface area contributed by atoms with E-state index < -0.39 is 36.0 Å². The van der Waals surface area contributed by atoms with E-state index in [9.17, 15) is 14.4 Å². The Morgan fingerprint density at radius 3 is 2.56 bits per heavy atom. The molecule has 6 heteroatoms. The normalized spacial score (nSPS) is 21.1. The summed E-state index contributed by atoms with van der Waals surface area (Å²) in [5, 5.41) is 0. The van der Waals surface area contributed by atoms with Crippen LogP contribution in [0.1, 0.15) is 20.8 Å². The highest BCUT2D eigenvalue weighted by Gasteiger charge is 2.46. The summed E-state index contributed by atoms with van der Waals surface area (Å²) in [5.41, 5.74) is -0.395. The zero-order valence-corrected chi connectivity index (χ0v) is 10.6. The maximum Gasteiger partial charge on any atom is 0.348 e. The zero-order valence-electron chi connectivity index (χ0n) is 10.6. The molecule has 1 rings (SSSR count). The Morgan fingerprint density at radius 1 is 1.50 bits per heavy atom. The fraction of sp³-hybridized carbons (Fsp3) is 0.583. The molecule has 0 aliphatic carbocycles. The van der Waals surface area contributed by atoms with Crippen molar-refractivity contribution < 1.29 is 28.6 Å². The summed E-state index contributed by atoms with van der Waals surface area (Å²) < 4.78 is 14.4. The SMILES string of the molecule is C=C(C)C(=O)OCC(=O)OC1C(=O)OCC1(C)C. The first-order valence-corrected chi connectivity index (χ1v) is 5.43. The van der Waals surface area contributed by atoms with Gasteiger partial charge in [0.1, 0.15) is 6.61 Å². The Balaban J connectivity index is 2.48. The molecule has 0 N–H and O–H groups in total. The van der Waals surface area contributed by atoms with Crippen molar-refractivity contribution in [3.63, 3.8) is 0 Å². The van der Waals surface area contributed by atoms with Crippen LogP contribution in [0.4, 0.5) is 0 Å². The van der Waals surface area contributed by atoms with Gasteiger partial charge in [-0.1, -0.05) is 20.4 Å². The molecule has 0 saturated carbocycles. The molecule has 0 aromatic rings. The van der Waals surface area contributed by atoms with E-state index >= 15 is 0 Å². The van der Waals surface area contributed by atoms with Gasteiger partial charge in [-0.3, -0.25) is 0 Å². The van der Waals surface area contributed by atoms with Crippen molar-refractivity contribution in [2.45, 2.75) is 26.9 Å². The van der Waals surface area contributed by atoms with E-state index in [0.717, 1.165) is 0 Å². The predicted molar refractivity (Wildman–Crippen MR) is 60.4 cm³/mol. The highest BCUT2D eigenvalue weighted by atomic mass is 16.6. The lowest BCUT2D eigenvalue weighted by atomic mass is 9.90. The molecule has 0 aromatic heterocycles. The summed E-state index contributed by atoms with van der Waals surface area (Å²) in [4.78, 5) is 33.8. The van der Waals surface area contributed by atoms with E-state index in [4.69, 9.17) is 9.47 Å². The zero-order chi connectivity index (χ0) is 13.9. The molecule has 0 amide bonds. The van der Waals surface area contributed by atoms with Gasteiger partial charge in [0, 0.05) is 11.0 Å². The molecule has 0 bridgehead atoms. The van der Waals surface area contributed by atoms with Crippen molar-refractivity contribution in [2.24, 2.45) is 5.41 Å². The maximum atomic E-state index is 11.4. The fourth-order valence-corrected chi connectivity index (χ4v) is 1.35. The largest absolute Gasteiger partial charge is 0.462 e. The van der Waals surface area contributed by atoms with Crippen molar-refractivity contribution in [1.82, 2.24) is 0 Å². The standard InChI is InChI=1S/C12H16O6/c1-7(2)10(14)16-5-8(13)18-9-11(15)17-6-12(9,3)4/h9H,1,5-6H2,2-4H3. The number of carbonyl (C=O) groups excluding carboxylic acids is 3. The summed E-state index contributed by atoms with van der Waals surface area (Å²) in [6, 6.07) is 0. The van der Waals surface area contributed by atoms with Gasteiger partial charge in [0.15, 0.2) is 6.61 Å². The molecule has 18 heavy (non-hydrogen) atoms. The first kappa shape index (κ1) is 14.2. The van der Waals surface area contributed by atoms with E-state index in [1.807, 2.05) is 0 Å².